The summed E-state index contributed by atoms with van der Waals surface area (Å²) in [6, 6.07) is 11.0. The lowest BCUT2D eigenvalue weighted by molar-refractivity contribution is -0.117. The van der Waals surface area contributed by atoms with Crippen molar-refractivity contribution in [3.8, 4) is 5.88 Å². The number of amides is 1. The number of nitrogens with one attached hydrogen (secondary N) is 1. The zero-order valence-electron chi connectivity index (χ0n) is 17.3. The van der Waals surface area contributed by atoms with Crippen molar-refractivity contribution in [1.82, 2.24) is 4.98 Å². The van der Waals surface area contributed by atoms with Gasteiger partial charge in [-0.05, 0) is 37.0 Å². The maximum atomic E-state index is 12.8. The topological polar surface area (TPSA) is 88.6 Å². The average molecular weight is 469 g/mol. The number of pyridine rings is 1. The summed E-state index contributed by atoms with van der Waals surface area (Å²) in [5, 5.41) is 3.35. The van der Waals surface area contributed by atoms with Gasteiger partial charge >= 0.3 is 15.6 Å². The molecule has 1 N–H and O–H groups in total. The fraction of sp³-hybridized carbons (Fsp3) is 0.429. The van der Waals surface area contributed by atoms with Crippen molar-refractivity contribution in [2.45, 2.75) is 44.3 Å². The molecule has 7 nitrogen and oxygen atoms in total. The largest absolute Gasteiger partial charge is 0.534 e. The molecule has 0 spiro atoms. The molecule has 11 heteroatoms. The van der Waals surface area contributed by atoms with Gasteiger partial charge in [0.15, 0.2) is 0 Å². The number of benzene rings is 1. The van der Waals surface area contributed by atoms with Crippen molar-refractivity contribution in [1.29, 1.82) is 0 Å². The number of aromatic nitrogens is 1. The Morgan fingerprint density at radius 1 is 1.16 bits per heavy atom. The van der Waals surface area contributed by atoms with Crippen LogP contribution in [0, 0.1) is 11.8 Å². The third kappa shape index (κ3) is 4.13. The molecule has 2 aliphatic rings. The van der Waals surface area contributed by atoms with Crippen LogP contribution in [-0.2, 0) is 14.9 Å². The molecule has 1 aliphatic carbocycles. The van der Waals surface area contributed by atoms with Gasteiger partial charge < -0.3 is 14.4 Å². The highest BCUT2D eigenvalue weighted by Crippen LogP contribution is 2.50. The van der Waals surface area contributed by atoms with Gasteiger partial charge in [-0.15, -0.1) is 0 Å². The van der Waals surface area contributed by atoms with E-state index >= 15 is 0 Å². The summed E-state index contributed by atoms with van der Waals surface area (Å²) in [6.45, 7) is 3.37. The van der Waals surface area contributed by atoms with Gasteiger partial charge in [0.1, 0.15) is 0 Å². The van der Waals surface area contributed by atoms with Crippen LogP contribution in [-0.4, -0.2) is 30.9 Å². The first-order chi connectivity index (χ1) is 15.0. The smallest absolute Gasteiger partial charge is 0.376 e. The summed E-state index contributed by atoms with van der Waals surface area (Å²) < 4.78 is 65.6. The summed E-state index contributed by atoms with van der Waals surface area (Å²) in [6.07, 6.45) is 1.95. The van der Waals surface area contributed by atoms with Crippen molar-refractivity contribution >= 4 is 27.4 Å². The zero-order valence-corrected chi connectivity index (χ0v) is 18.2. The SMILES string of the molecule is CC(=O)N1c2ccc(OS(=O)(=O)C(F)(F)F)nc2C(Nc2ccccc2)[C@@H](C)C1C1CC1. The van der Waals surface area contributed by atoms with E-state index in [-0.39, 0.29) is 23.6 Å². The lowest BCUT2D eigenvalue weighted by Crippen LogP contribution is -2.51. The number of hydrogen-bond donors (Lipinski definition) is 1. The van der Waals surface area contributed by atoms with Gasteiger partial charge in [-0.1, -0.05) is 25.1 Å². The maximum absolute atomic E-state index is 12.8. The highest BCUT2D eigenvalue weighted by molar-refractivity contribution is 7.87. The van der Waals surface area contributed by atoms with E-state index in [1.807, 2.05) is 37.3 Å². The third-order valence-corrected chi connectivity index (χ3v) is 6.77. The highest BCUT2D eigenvalue weighted by atomic mass is 32.2. The summed E-state index contributed by atoms with van der Waals surface area (Å²) in [7, 11) is -5.87. The summed E-state index contributed by atoms with van der Waals surface area (Å²) >= 11 is 0. The monoisotopic (exact) mass is 469 g/mol. The van der Waals surface area contributed by atoms with Crippen LogP contribution in [0.3, 0.4) is 0 Å². The predicted molar refractivity (Wildman–Crippen MR) is 111 cm³/mol. The normalized spacial score (nSPS) is 23.4. The first-order valence-corrected chi connectivity index (χ1v) is 11.5. The lowest BCUT2D eigenvalue weighted by Gasteiger charge is -2.45. The quantitative estimate of drug-likeness (QED) is 0.521. The molecule has 2 aromatic rings. The lowest BCUT2D eigenvalue weighted by atomic mass is 9.82. The Balaban J connectivity index is 1.80. The molecule has 1 aromatic carbocycles. The maximum Gasteiger partial charge on any atom is 0.534 e. The number of alkyl halides is 3. The minimum Gasteiger partial charge on any atom is -0.376 e. The van der Waals surface area contributed by atoms with Crippen LogP contribution < -0.4 is 14.4 Å². The first kappa shape index (κ1) is 22.4. The van der Waals surface area contributed by atoms with Gasteiger partial charge in [-0.25, -0.2) is 4.98 Å². The molecule has 4 rings (SSSR count). The molecular formula is C21H22F3N3O4S. The number of halogens is 3. The molecule has 2 heterocycles. The predicted octanol–water partition coefficient (Wildman–Crippen LogP) is 4.24. The molecule has 1 fully saturated rings. The molecule has 0 radical (unpaired) electrons. The number of para-hydroxylation sites is 1. The van der Waals surface area contributed by atoms with Crippen LogP contribution >= 0.6 is 0 Å². The van der Waals surface area contributed by atoms with E-state index in [1.165, 1.54) is 13.0 Å². The fourth-order valence-electron chi connectivity index (χ4n) is 4.30. The molecule has 1 aromatic heterocycles. The second-order valence-corrected chi connectivity index (χ2v) is 9.64. The number of rotatable bonds is 5. The Morgan fingerprint density at radius 3 is 2.38 bits per heavy atom. The number of nitrogens with zero attached hydrogens (tertiary/aromatic N) is 2. The van der Waals surface area contributed by atoms with Crippen molar-refractivity contribution in [2.75, 3.05) is 10.2 Å². The summed E-state index contributed by atoms with van der Waals surface area (Å²) in [5.41, 5.74) is -4.14. The van der Waals surface area contributed by atoms with Crippen molar-refractivity contribution in [3.05, 3.63) is 48.2 Å². The van der Waals surface area contributed by atoms with E-state index in [4.69, 9.17) is 0 Å². The number of carbonyl (C=O) groups is 1. The molecule has 0 bridgehead atoms. The average Bonchev–Trinajstić information content (AvgIpc) is 3.54. The minimum absolute atomic E-state index is 0.117. The van der Waals surface area contributed by atoms with Crippen LogP contribution in [0.2, 0.25) is 0 Å². The van der Waals surface area contributed by atoms with Gasteiger partial charge in [-0.2, -0.15) is 21.6 Å². The fourth-order valence-corrected chi connectivity index (χ4v) is 4.71. The minimum atomic E-state index is -5.87. The summed E-state index contributed by atoms with van der Waals surface area (Å²) in [5.74, 6) is -0.766. The standard InChI is InChI=1S/C21H22F3N3O4S/c1-12-18(25-15-6-4-3-5-7-15)19-16(27(13(2)28)20(12)14-8-9-14)10-11-17(26-19)31-32(29,30)21(22,23)24/h3-7,10-12,14,18,20,25H,8-9H2,1-2H3/t12-,18?,20?/m1/s1. The molecule has 3 atom stereocenters. The van der Waals surface area contributed by atoms with Crippen molar-refractivity contribution < 1.29 is 30.6 Å². The van der Waals surface area contributed by atoms with Gasteiger partial charge in [0.2, 0.25) is 11.8 Å². The molecule has 1 aliphatic heterocycles. The number of fused-ring (bicyclic) bond motifs is 1. The summed E-state index contributed by atoms with van der Waals surface area (Å²) in [4.78, 5) is 18.3. The van der Waals surface area contributed by atoms with Crippen molar-refractivity contribution in [3.63, 3.8) is 0 Å². The van der Waals surface area contributed by atoms with Crippen LogP contribution in [0.25, 0.3) is 0 Å². The highest BCUT2D eigenvalue weighted by Gasteiger charge is 2.50. The van der Waals surface area contributed by atoms with E-state index < -0.39 is 27.5 Å². The Hall–Kier alpha value is -2.82. The van der Waals surface area contributed by atoms with Gasteiger partial charge in [0.25, 0.3) is 0 Å². The van der Waals surface area contributed by atoms with Gasteiger partial charge in [-0.3, -0.25) is 4.79 Å². The molecule has 2 unspecified atom stereocenters. The third-order valence-electron chi connectivity index (χ3n) is 5.81. The van der Waals surface area contributed by atoms with E-state index in [2.05, 4.69) is 14.5 Å². The van der Waals surface area contributed by atoms with E-state index in [1.54, 1.807) is 4.90 Å². The zero-order chi connectivity index (χ0) is 23.3. The van der Waals surface area contributed by atoms with E-state index in [9.17, 15) is 26.4 Å². The number of carbonyl (C=O) groups excluding carboxylic acids is 1. The number of hydrogen-bond acceptors (Lipinski definition) is 6. The van der Waals surface area contributed by atoms with E-state index in [0.29, 0.717) is 11.6 Å². The molecule has 172 valence electrons. The van der Waals surface area contributed by atoms with Crippen LogP contribution in [0.15, 0.2) is 42.5 Å². The second-order valence-electron chi connectivity index (χ2n) is 8.10. The second kappa shape index (κ2) is 7.95. The van der Waals surface area contributed by atoms with Crippen LogP contribution in [0.1, 0.15) is 38.4 Å². The molecular weight excluding hydrogens is 447 g/mol. The Labute approximate surface area is 183 Å². The number of anilines is 2. The van der Waals surface area contributed by atoms with Crippen molar-refractivity contribution in [2.24, 2.45) is 11.8 Å². The van der Waals surface area contributed by atoms with Crippen LogP contribution in [0.5, 0.6) is 5.88 Å². The van der Waals surface area contributed by atoms with Gasteiger partial charge in [0.05, 0.1) is 17.4 Å². The molecule has 32 heavy (non-hydrogen) atoms. The molecule has 0 saturated heterocycles. The first-order valence-electron chi connectivity index (χ1n) is 10.1. The van der Waals surface area contributed by atoms with Crippen LogP contribution in [0.4, 0.5) is 24.5 Å². The Bertz CT molecular complexity index is 1120. The molecule has 1 amide bonds. The Morgan fingerprint density at radius 2 is 1.81 bits per heavy atom. The molecule has 1 saturated carbocycles. The van der Waals surface area contributed by atoms with E-state index in [0.717, 1.165) is 24.6 Å². The Kier molecular flexibility index (Phi) is 5.56. The van der Waals surface area contributed by atoms with Gasteiger partial charge in [0, 0.05) is 30.6 Å².